The molecule has 6 nitrogen and oxygen atoms in total. The smallest absolute Gasteiger partial charge is 0.355 e. The van der Waals surface area contributed by atoms with E-state index in [1.165, 1.54) is 4.90 Å². The molecule has 1 aromatic heterocycles. The highest BCUT2D eigenvalue weighted by Gasteiger charge is 2.35. The zero-order valence-corrected chi connectivity index (χ0v) is 16.5. The average molecular weight is 390 g/mol. The van der Waals surface area contributed by atoms with Gasteiger partial charge >= 0.3 is 5.97 Å². The Morgan fingerprint density at radius 1 is 1.00 bits per heavy atom. The van der Waals surface area contributed by atoms with Crippen LogP contribution in [0.25, 0.3) is 10.9 Å². The molecule has 0 saturated carbocycles. The van der Waals surface area contributed by atoms with Gasteiger partial charge in [-0.25, -0.2) is 4.79 Å². The molecule has 4 rings (SSSR count). The van der Waals surface area contributed by atoms with Crippen molar-refractivity contribution in [3.63, 3.8) is 0 Å². The van der Waals surface area contributed by atoms with Crippen molar-refractivity contribution in [2.45, 2.75) is 26.7 Å². The second-order valence-corrected chi connectivity index (χ2v) is 6.95. The number of esters is 1. The molecule has 2 aromatic carbocycles. The van der Waals surface area contributed by atoms with E-state index >= 15 is 0 Å². The molecule has 2 heterocycles. The van der Waals surface area contributed by atoms with E-state index in [4.69, 9.17) is 4.74 Å². The van der Waals surface area contributed by atoms with Crippen molar-refractivity contribution in [1.82, 2.24) is 9.88 Å². The van der Waals surface area contributed by atoms with E-state index in [2.05, 4.69) is 11.9 Å². The molecule has 1 N–H and O–H groups in total. The molecular weight excluding hydrogens is 368 g/mol. The lowest BCUT2D eigenvalue weighted by Crippen LogP contribution is -2.32. The van der Waals surface area contributed by atoms with E-state index in [1.54, 1.807) is 31.2 Å². The molecule has 6 heteroatoms. The molecule has 0 spiro atoms. The summed E-state index contributed by atoms with van der Waals surface area (Å²) < 4.78 is 5.22. The Morgan fingerprint density at radius 2 is 1.69 bits per heavy atom. The van der Waals surface area contributed by atoms with E-state index in [9.17, 15) is 14.4 Å². The second-order valence-electron chi connectivity index (χ2n) is 6.95. The predicted molar refractivity (Wildman–Crippen MR) is 109 cm³/mol. The Balaban J connectivity index is 1.69. The summed E-state index contributed by atoms with van der Waals surface area (Å²) in [5, 5.41) is 0.920. The monoisotopic (exact) mass is 390 g/mol. The number of hydrogen-bond acceptors (Lipinski definition) is 4. The standard InChI is InChI=1S/C23H22N2O4/c1-3-14-8-7-11-15-16(20(24-19(14)15)23(28)29-4-2)12-13-25-21(26)17-9-5-6-10-18(17)22(25)27/h5-11,24H,3-4,12-13H2,1-2H3. The maximum atomic E-state index is 12.7. The maximum absolute atomic E-state index is 12.7. The van der Waals surface area contributed by atoms with E-state index < -0.39 is 5.97 Å². The Kier molecular flexibility index (Phi) is 4.92. The molecule has 1 aliphatic rings. The van der Waals surface area contributed by atoms with Gasteiger partial charge in [-0.15, -0.1) is 0 Å². The van der Waals surface area contributed by atoms with Crippen LogP contribution in [-0.4, -0.2) is 40.8 Å². The lowest BCUT2D eigenvalue weighted by atomic mass is 10.0. The molecule has 3 aromatic rings. The minimum Gasteiger partial charge on any atom is -0.461 e. The molecule has 0 saturated heterocycles. The number of benzene rings is 2. The van der Waals surface area contributed by atoms with Crippen LogP contribution in [0.1, 0.15) is 56.2 Å². The normalized spacial score (nSPS) is 13.2. The molecule has 2 amide bonds. The van der Waals surface area contributed by atoms with Crippen LogP contribution in [0.2, 0.25) is 0 Å². The molecule has 148 valence electrons. The number of fused-ring (bicyclic) bond motifs is 2. The third-order valence-electron chi connectivity index (χ3n) is 5.35. The van der Waals surface area contributed by atoms with Gasteiger partial charge in [-0.05, 0) is 43.0 Å². The fourth-order valence-corrected chi connectivity index (χ4v) is 3.93. The molecule has 0 bridgehead atoms. The zero-order valence-electron chi connectivity index (χ0n) is 16.5. The van der Waals surface area contributed by atoms with Crippen molar-refractivity contribution in [2.75, 3.05) is 13.2 Å². The van der Waals surface area contributed by atoms with Crippen molar-refractivity contribution in [2.24, 2.45) is 0 Å². The van der Waals surface area contributed by atoms with Gasteiger partial charge in [0.15, 0.2) is 0 Å². The number of aromatic amines is 1. The molecule has 0 atom stereocenters. The summed E-state index contributed by atoms with van der Waals surface area (Å²) in [6.07, 6.45) is 1.19. The number of hydrogen-bond donors (Lipinski definition) is 1. The fourth-order valence-electron chi connectivity index (χ4n) is 3.93. The number of nitrogens with one attached hydrogen (secondary N) is 1. The Labute approximate surface area is 168 Å². The number of carbonyl (C=O) groups excluding carboxylic acids is 3. The largest absolute Gasteiger partial charge is 0.461 e. The quantitative estimate of drug-likeness (QED) is 0.514. The highest BCUT2D eigenvalue weighted by atomic mass is 16.5. The first-order valence-corrected chi connectivity index (χ1v) is 9.81. The number of ether oxygens (including phenoxy) is 1. The van der Waals surface area contributed by atoms with Crippen LogP contribution < -0.4 is 0 Å². The first-order chi connectivity index (χ1) is 14.1. The van der Waals surface area contributed by atoms with Crippen molar-refractivity contribution in [3.8, 4) is 0 Å². The summed E-state index contributed by atoms with van der Waals surface area (Å²) in [7, 11) is 0. The Hall–Kier alpha value is -3.41. The van der Waals surface area contributed by atoms with Gasteiger partial charge in [0.2, 0.25) is 0 Å². The number of rotatable bonds is 6. The number of para-hydroxylation sites is 1. The summed E-state index contributed by atoms with van der Waals surface area (Å²) in [6.45, 7) is 4.28. The molecule has 0 radical (unpaired) electrons. The summed E-state index contributed by atoms with van der Waals surface area (Å²) in [5.74, 6) is -1.02. The minimum atomic E-state index is -0.428. The van der Waals surface area contributed by atoms with Gasteiger partial charge in [0, 0.05) is 17.4 Å². The SMILES string of the molecule is CCOC(=O)c1[nH]c2c(CC)cccc2c1CCN1C(=O)c2ccccc2C1=O. The summed E-state index contributed by atoms with van der Waals surface area (Å²) in [5.41, 5.74) is 4.01. The number of H-pyrrole nitrogens is 1. The van der Waals surface area contributed by atoms with Gasteiger partial charge in [-0.1, -0.05) is 37.3 Å². The summed E-state index contributed by atoms with van der Waals surface area (Å²) >= 11 is 0. The van der Waals surface area contributed by atoms with Gasteiger partial charge in [-0.2, -0.15) is 0 Å². The van der Waals surface area contributed by atoms with Crippen molar-refractivity contribution in [3.05, 3.63) is 70.4 Å². The molecule has 29 heavy (non-hydrogen) atoms. The average Bonchev–Trinajstić information content (AvgIpc) is 3.23. The Bertz CT molecular complexity index is 1090. The molecule has 0 unspecified atom stereocenters. The number of aromatic nitrogens is 1. The third-order valence-corrected chi connectivity index (χ3v) is 5.35. The zero-order chi connectivity index (χ0) is 20.5. The van der Waals surface area contributed by atoms with Crippen molar-refractivity contribution in [1.29, 1.82) is 0 Å². The maximum Gasteiger partial charge on any atom is 0.355 e. The lowest BCUT2D eigenvalue weighted by molar-refractivity contribution is 0.0519. The third kappa shape index (κ3) is 3.10. The number of aryl methyl sites for hydroxylation is 1. The molecular formula is C23H22N2O4. The van der Waals surface area contributed by atoms with E-state index in [0.717, 1.165) is 28.5 Å². The fraction of sp³-hybridized carbons (Fsp3) is 0.261. The van der Waals surface area contributed by atoms with E-state index in [0.29, 0.717) is 23.2 Å². The summed E-state index contributed by atoms with van der Waals surface area (Å²) in [4.78, 5) is 42.3. The van der Waals surface area contributed by atoms with E-state index in [-0.39, 0.29) is 25.0 Å². The van der Waals surface area contributed by atoms with Crippen molar-refractivity contribution < 1.29 is 19.1 Å². The first-order valence-electron chi connectivity index (χ1n) is 9.81. The number of nitrogens with zero attached hydrogens (tertiary/aromatic N) is 1. The highest BCUT2D eigenvalue weighted by Crippen LogP contribution is 2.28. The van der Waals surface area contributed by atoms with Crippen LogP contribution in [0, 0.1) is 0 Å². The van der Waals surface area contributed by atoms with Gasteiger partial charge in [0.05, 0.1) is 17.7 Å². The van der Waals surface area contributed by atoms with E-state index in [1.807, 2.05) is 18.2 Å². The van der Waals surface area contributed by atoms with Crippen LogP contribution in [0.5, 0.6) is 0 Å². The second kappa shape index (κ2) is 7.54. The van der Waals surface area contributed by atoms with Gasteiger partial charge < -0.3 is 9.72 Å². The summed E-state index contributed by atoms with van der Waals surface area (Å²) in [6, 6.07) is 12.7. The topological polar surface area (TPSA) is 79.5 Å². The lowest BCUT2D eigenvalue weighted by Gasteiger charge is -2.14. The number of carbonyl (C=O) groups is 3. The first kappa shape index (κ1) is 18.9. The number of amides is 2. The van der Waals surface area contributed by atoms with Crippen LogP contribution in [-0.2, 0) is 17.6 Å². The Morgan fingerprint density at radius 3 is 2.31 bits per heavy atom. The van der Waals surface area contributed by atoms with Crippen LogP contribution in [0.4, 0.5) is 0 Å². The molecule has 1 aliphatic heterocycles. The van der Waals surface area contributed by atoms with Crippen LogP contribution in [0.15, 0.2) is 42.5 Å². The van der Waals surface area contributed by atoms with Crippen molar-refractivity contribution >= 4 is 28.7 Å². The highest BCUT2D eigenvalue weighted by molar-refractivity contribution is 6.21. The predicted octanol–water partition coefficient (Wildman–Crippen LogP) is 3.75. The van der Waals surface area contributed by atoms with Gasteiger partial charge in [0.1, 0.15) is 5.69 Å². The van der Waals surface area contributed by atoms with Gasteiger partial charge in [0.25, 0.3) is 11.8 Å². The van der Waals surface area contributed by atoms with Gasteiger partial charge in [-0.3, -0.25) is 14.5 Å². The molecule has 0 aliphatic carbocycles. The van der Waals surface area contributed by atoms with Crippen LogP contribution >= 0.6 is 0 Å². The molecule has 0 fully saturated rings. The minimum absolute atomic E-state index is 0.196. The number of imide groups is 1. The van der Waals surface area contributed by atoms with Crippen LogP contribution in [0.3, 0.4) is 0 Å².